The molecule has 0 saturated carbocycles. The van der Waals surface area contributed by atoms with E-state index in [1.54, 1.807) is 42.5 Å². The number of hydrogen-bond acceptors (Lipinski definition) is 4. The lowest BCUT2D eigenvalue weighted by Gasteiger charge is -2.10. The van der Waals surface area contributed by atoms with Crippen molar-refractivity contribution in [3.8, 4) is 11.5 Å². The van der Waals surface area contributed by atoms with Crippen LogP contribution in [0.5, 0.6) is 11.5 Å². The second-order valence-corrected chi connectivity index (χ2v) is 4.63. The number of thiocarbonyl (C=S) groups is 1. The molecule has 1 aliphatic rings. The monoisotopic (exact) mass is 302 g/mol. The average Bonchev–Trinajstić information content (AvgIpc) is 2.81. The van der Waals surface area contributed by atoms with Crippen molar-refractivity contribution in [1.29, 1.82) is 0 Å². The van der Waals surface area contributed by atoms with Crippen LogP contribution in [0.3, 0.4) is 0 Å². The lowest BCUT2D eigenvalue weighted by molar-refractivity contribution is 0.0977. The molecule has 0 unspecified atom stereocenters. The number of fused-ring (bicyclic) bond motifs is 1. The van der Waals surface area contributed by atoms with Crippen LogP contribution in [0.4, 0.5) is 5.69 Å². The van der Waals surface area contributed by atoms with Crippen molar-refractivity contribution in [3.05, 3.63) is 54.1 Å². The first kappa shape index (κ1) is 11.1. The number of nitrogens with one attached hydrogen (secondary N) is 2. The van der Waals surface area contributed by atoms with Crippen LogP contribution in [0.15, 0.2) is 48.5 Å². The summed E-state index contributed by atoms with van der Waals surface area (Å²) in [6.07, 6.45) is 0. The number of hydrogen-bond donors (Lipinski definition) is 2. The molecule has 0 atom stereocenters. The van der Waals surface area contributed by atoms with Gasteiger partial charge in [-0.25, -0.2) is 0 Å². The molecule has 0 fully saturated rings. The van der Waals surface area contributed by atoms with Gasteiger partial charge in [0.25, 0.3) is 5.91 Å². The molecule has 1 aliphatic heterocycles. The molecular formula is C15H12N2O3S. The summed E-state index contributed by atoms with van der Waals surface area (Å²) < 4.78 is 24.7. The summed E-state index contributed by atoms with van der Waals surface area (Å²) in [5.41, 5.74) is 1.04. The van der Waals surface area contributed by atoms with Crippen LogP contribution in [-0.2, 0) is 0 Å². The molecule has 5 nitrogen and oxygen atoms in total. The first-order valence-corrected chi connectivity index (χ1v) is 6.53. The molecule has 1 amide bonds. The Bertz CT molecular complexity index is 769. The fourth-order valence-corrected chi connectivity index (χ4v) is 2.00. The summed E-state index contributed by atoms with van der Waals surface area (Å²) in [5.74, 6) is 0.247. The van der Waals surface area contributed by atoms with Gasteiger partial charge in [0.15, 0.2) is 16.6 Å². The quantitative estimate of drug-likeness (QED) is 0.835. The minimum Gasteiger partial charge on any atom is -0.454 e. The predicted octanol–water partition coefficient (Wildman–Crippen LogP) is 2.54. The van der Waals surface area contributed by atoms with Gasteiger partial charge in [0, 0.05) is 17.3 Å². The normalized spacial score (nSPS) is 15.6. The summed E-state index contributed by atoms with van der Waals surface area (Å²) in [7, 11) is 0. The van der Waals surface area contributed by atoms with Crippen molar-refractivity contribution in [1.82, 2.24) is 5.32 Å². The standard InChI is InChI=1S/C15H12N2O3S/c18-14(10-4-2-1-3-5-10)17-15(21)16-11-6-7-12-13(8-11)20-9-19-12/h1-8H,9H2,(H2,16,17,18,21)/i9D2. The maximum atomic E-state index is 12.0. The van der Waals surface area contributed by atoms with Gasteiger partial charge in [-0.05, 0) is 36.5 Å². The Balaban J connectivity index is 1.64. The van der Waals surface area contributed by atoms with E-state index in [1.807, 2.05) is 6.07 Å². The lowest BCUT2D eigenvalue weighted by atomic mass is 10.2. The Morgan fingerprint density at radius 1 is 1.14 bits per heavy atom. The molecule has 2 aromatic rings. The van der Waals surface area contributed by atoms with E-state index in [0.717, 1.165) is 0 Å². The van der Waals surface area contributed by atoms with E-state index < -0.39 is 6.75 Å². The van der Waals surface area contributed by atoms with Gasteiger partial charge in [0.05, 0.1) is 0 Å². The van der Waals surface area contributed by atoms with Crippen LogP contribution in [0.1, 0.15) is 13.1 Å². The van der Waals surface area contributed by atoms with Gasteiger partial charge < -0.3 is 14.8 Å². The topological polar surface area (TPSA) is 59.6 Å². The first-order valence-electron chi connectivity index (χ1n) is 7.12. The number of amides is 1. The Morgan fingerprint density at radius 2 is 1.90 bits per heavy atom. The zero-order valence-corrected chi connectivity index (χ0v) is 11.6. The molecule has 0 aromatic heterocycles. The molecule has 1 heterocycles. The van der Waals surface area contributed by atoms with E-state index in [9.17, 15) is 4.79 Å². The van der Waals surface area contributed by atoms with Crippen molar-refractivity contribution in [2.75, 3.05) is 12.1 Å². The zero-order chi connectivity index (χ0) is 16.4. The molecular weight excluding hydrogens is 288 g/mol. The Kier molecular flexibility index (Phi) is 3.07. The molecule has 0 saturated heterocycles. The summed E-state index contributed by atoms with van der Waals surface area (Å²) >= 11 is 5.10. The molecule has 2 N–H and O–H groups in total. The van der Waals surface area contributed by atoms with Crippen LogP contribution in [-0.4, -0.2) is 17.8 Å². The van der Waals surface area contributed by atoms with Crippen molar-refractivity contribution >= 4 is 28.9 Å². The molecule has 0 aliphatic carbocycles. The van der Waals surface area contributed by atoms with E-state index >= 15 is 0 Å². The third kappa shape index (κ3) is 3.11. The fraction of sp³-hybridized carbons (Fsp3) is 0.0667. The molecule has 6 heteroatoms. The van der Waals surface area contributed by atoms with Gasteiger partial charge in [-0.1, -0.05) is 18.2 Å². The van der Waals surface area contributed by atoms with Gasteiger partial charge in [0.1, 0.15) is 2.74 Å². The van der Waals surface area contributed by atoms with Gasteiger partial charge in [-0.15, -0.1) is 0 Å². The lowest BCUT2D eigenvalue weighted by Crippen LogP contribution is -2.34. The highest BCUT2D eigenvalue weighted by Gasteiger charge is 2.14. The van der Waals surface area contributed by atoms with E-state index in [4.69, 9.17) is 24.4 Å². The number of anilines is 1. The smallest absolute Gasteiger partial charge is 0.257 e. The van der Waals surface area contributed by atoms with Crippen molar-refractivity contribution in [3.63, 3.8) is 0 Å². The Labute approximate surface area is 129 Å². The zero-order valence-electron chi connectivity index (χ0n) is 12.8. The molecule has 0 spiro atoms. The van der Waals surface area contributed by atoms with Crippen LogP contribution in [0.2, 0.25) is 0 Å². The largest absolute Gasteiger partial charge is 0.454 e. The minimum atomic E-state index is -2.18. The number of carbonyl (C=O) groups excluding carboxylic acids is 1. The SMILES string of the molecule is [2H]C1([2H])Oc2ccc(NC(=S)NC(=O)c3ccccc3)cc2O1. The molecule has 21 heavy (non-hydrogen) atoms. The third-order valence-corrected chi connectivity index (χ3v) is 2.97. The summed E-state index contributed by atoms with van der Waals surface area (Å²) in [5, 5.41) is 5.53. The summed E-state index contributed by atoms with van der Waals surface area (Å²) in [4.78, 5) is 12.0. The number of ether oxygens (including phenoxy) is 2. The fourth-order valence-electron chi connectivity index (χ4n) is 1.79. The minimum absolute atomic E-state index is 0.126. The van der Waals surface area contributed by atoms with Gasteiger partial charge >= 0.3 is 0 Å². The highest BCUT2D eigenvalue weighted by atomic mass is 32.1. The number of carbonyl (C=O) groups is 1. The van der Waals surface area contributed by atoms with Crippen molar-refractivity contribution in [2.24, 2.45) is 0 Å². The molecule has 2 aromatic carbocycles. The number of benzene rings is 2. The highest BCUT2D eigenvalue weighted by molar-refractivity contribution is 7.80. The first-order chi connectivity index (χ1) is 10.9. The molecule has 0 radical (unpaired) electrons. The number of rotatable bonds is 2. The van der Waals surface area contributed by atoms with Crippen molar-refractivity contribution in [2.45, 2.75) is 0 Å². The van der Waals surface area contributed by atoms with Gasteiger partial charge in [-0.3, -0.25) is 10.1 Å². The molecule has 106 valence electrons. The Morgan fingerprint density at radius 3 is 2.71 bits per heavy atom. The van der Waals surface area contributed by atoms with E-state index in [-0.39, 0.29) is 16.8 Å². The third-order valence-electron chi connectivity index (χ3n) is 2.77. The van der Waals surface area contributed by atoms with Crippen molar-refractivity contribution < 1.29 is 17.0 Å². The van der Waals surface area contributed by atoms with Crippen LogP contribution in [0.25, 0.3) is 0 Å². The molecule has 3 rings (SSSR count). The highest BCUT2D eigenvalue weighted by Crippen LogP contribution is 2.34. The summed E-state index contributed by atoms with van der Waals surface area (Å²) in [6, 6.07) is 13.4. The predicted molar refractivity (Wildman–Crippen MR) is 82.7 cm³/mol. The van der Waals surface area contributed by atoms with Gasteiger partial charge in [-0.2, -0.15) is 0 Å². The average molecular weight is 302 g/mol. The van der Waals surface area contributed by atoms with Crippen LogP contribution in [0, 0.1) is 0 Å². The van der Waals surface area contributed by atoms with E-state index in [0.29, 0.717) is 17.0 Å². The summed E-state index contributed by atoms with van der Waals surface area (Å²) in [6.45, 7) is -2.18. The maximum absolute atomic E-state index is 12.0. The van der Waals surface area contributed by atoms with Gasteiger partial charge in [0.2, 0.25) is 6.75 Å². The molecule has 0 bridgehead atoms. The second kappa shape index (κ2) is 5.80. The maximum Gasteiger partial charge on any atom is 0.257 e. The second-order valence-electron chi connectivity index (χ2n) is 4.22. The Hall–Kier alpha value is -2.60. The van der Waals surface area contributed by atoms with E-state index in [1.165, 1.54) is 0 Å². The van der Waals surface area contributed by atoms with Crippen LogP contribution >= 0.6 is 12.2 Å². The van der Waals surface area contributed by atoms with Crippen LogP contribution < -0.4 is 20.1 Å². The van der Waals surface area contributed by atoms with E-state index in [2.05, 4.69) is 10.6 Å².